The highest BCUT2D eigenvalue weighted by molar-refractivity contribution is 6.04. The van der Waals surface area contributed by atoms with Crippen molar-refractivity contribution in [1.82, 2.24) is 5.43 Å². The number of amides is 1. The number of hydrogen-bond acceptors (Lipinski definition) is 5. The van der Waals surface area contributed by atoms with E-state index >= 15 is 0 Å². The van der Waals surface area contributed by atoms with E-state index in [0.717, 1.165) is 16.3 Å². The van der Waals surface area contributed by atoms with E-state index in [0.29, 0.717) is 34.8 Å². The van der Waals surface area contributed by atoms with E-state index in [9.17, 15) is 9.59 Å². The van der Waals surface area contributed by atoms with Crippen molar-refractivity contribution in [2.45, 2.75) is 6.92 Å². The van der Waals surface area contributed by atoms with E-state index in [1.54, 1.807) is 48.5 Å². The predicted molar refractivity (Wildman–Crippen MR) is 137 cm³/mol. The molecule has 4 rings (SSSR count). The highest BCUT2D eigenvalue weighted by Crippen LogP contribution is 2.27. The molecule has 0 saturated carbocycles. The van der Waals surface area contributed by atoms with Crippen LogP contribution >= 0.6 is 0 Å². The van der Waals surface area contributed by atoms with Crippen LogP contribution in [-0.2, 0) is 0 Å². The van der Waals surface area contributed by atoms with E-state index in [4.69, 9.17) is 9.47 Å². The standard InChI is InChI=1S/C29H24N2O4/c1-3-17-34-24-14-11-22(12-15-24)28(32)31-30-19-26-25-10-5-4-8-21(25)13-16-27(26)35-29(33)23-9-6-7-20(2)18-23/h3-16,18-19H,1,17H2,2H3,(H,31,32)/b30-19-. The van der Waals surface area contributed by atoms with Crippen molar-refractivity contribution in [2.75, 3.05) is 6.61 Å². The molecule has 35 heavy (non-hydrogen) atoms. The lowest BCUT2D eigenvalue weighted by molar-refractivity contribution is 0.0734. The molecule has 4 aromatic carbocycles. The van der Waals surface area contributed by atoms with Gasteiger partial charge in [0.15, 0.2) is 0 Å². The Bertz CT molecular complexity index is 1410. The molecule has 0 unspecified atom stereocenters. The van der Waals surface area contributed by atoms with Gasteiger partial charge in [0.1, 0.15) is 18.1 Å². The van der Waals surface area contributed by atoms with Crippen LogP contribution in [-0.4, -0.2) is 24.7 Å². The maximum Gasteiger partial charge on any atom is 0.343 e. The zero-order valence-corrected chi connectivity index (χ0v) is 19.2. The van der Waals surface area contributed by atoms with Gasteiger partial charge in [0.2, 0.25) is 0 Å². The minimum atomic E-state index is -0.471. The van der Waals surface area contributed by atoms with E-state index in [1.165, 1.54) is 6.21 Å². The molecule has 0 radical (unpaired) electrons. The Kier molecular flexibility index (Phi) is 7.33. The molecule has 0 aliphatic heterocycles. The fourth-order valence-corrected chi connectivity index (χ4v) is 3.51. The van der Waals surface area contributed by atoms with Gasteiger partial charge < -0.3 is 9.47 Å². The number of carbonyl (C=O) groups is 2. The number of aryl methyl sites for hydroxylation is 1. The van der Waals surface area contributed by atoms with E-state index in [-0.39, 0.29) is 5.91 Å². The molecular weight excluding hydrogens is 440 g/mol. The maximum atomic E-state index is 12.8. The number of benzene rings is 4. The Hall–Kier alpha value is -4.71. The van der Waals surface area contributed by atoms with Gasteiger partial charge in [-0.25, -0.2) is 10.2 Å². The topological polar surface area (TPSA) is 77.0 Å². The van der Waals surface area contributed by atoms with Crippen LogP contribution in [0.2, 0.25) is 0 Å². The monoisotopic (exact) mass is 464 g/mol. The molecule has 6 heteroatoms. The second kappa shape index (κ2) is 10.9. The molecule has 0 aliphatic rings. The molecule has 0 spiro atoms. The number of hydrogen-bond donors (Lipinski definition) is 1. The summed E-state index contributed by atoms with van der Waals surface area (Å²) in [6.45, 7) is 5.91. The van der Waals surface area contributed by atoms with Crippen LogP contribution in [0.15, 0.2) is 103 Å². The van der Waals surface area contributed by atoms with Gasteiger partial charge in [-0.1, -0.05) is 60.7 Å². The van der Waals surface area contributed by atoms with Gasteiger partial charge >= 0.3 is 5.97 Å². The summed E-state index contributed by atoms with van der Waals surface area (Å²) in [5.74, 6) is 0.134. The SMILES string of the molecule is C=CCOc1ccc(C(=O)N/N=C\c2c(OC(=O)c3cccc(C)c3)ccc3ccccc23)cc1. The largest absolute Gasteiger partial charge is 0.490 e. The number of nitrogens with zero attached hydrogens (tertiary/aromatic N) is 1. The van der Waals surface area contributed by atoms with E-state index < -0.39 is 5.97 Å². The van der Waals surface area contributed by atoms with Crippen LogP contribution in [0.1, 0.15) is 31.8 Å². The van der Waals surface area contributed by atoms with Crippen molar-refractivity contribution in [3.05, 3.63) is 120 Å². The van der Waals surface area contributed by atoms with Crippen LogP contribution in [0.25, 0.3) is 10.8 Å². The first-order valence-corrected chi connectivity index (χ1v) is 11.0. The third kappa shape index (κ3) is 5.81. The van der Waals surface area contributed by atoms with Crippen molar-refractivity contribution in [3.63, 3.8) is 0 Å². The summed E-state index contributed by atoms with van der Waals surface area (Å²) >= 11 is 0. The van der Waals surface area contributed by atoms with Gasteiger partial charge in [0.25, 0.3) is 5.91 Å². The second-order valence-corrected chi connectivity index (χ2v) is 7.78. The van der Waals surface area contributed by atoms with E-state index in [1.807, 2.05) is 49.4 Å². The van der Waals surface area contributed by atoms with Crippen molar-refractivity contribution < 1.29 is 19.1 Å². The van der Waals surface area contributed by atoms with Gasteiger partial charge in [-0.15, -0.1) is 0 Å². The second-order valence-electron chi connectivity index (χ2n) is 7.78. The van der Waals surface area contributed by atoms with Crippen LogP contribution in [0.5, 0.6) is 11.5 Å². The molecule has 0 heterocycles. The molecule has 174 valence electrons. The number of carbonyl (C=O) groups excluding carboxylic acids is 2. The Morgan fingerprint density at radius 3 is 2.51 bits per heavy atom. The summed E-state index contributed by atoms with van der Waals surface area (Å²) in [6, 6.07) is 25.2. The molecule has 0 aliphatic carbocycles. The van der Waals surface area contributed by atoms with Gasteiger partial charge in [-0.2, -0.15) is 5.10 Å². The summed E-state index contributed by atoms with van der Waals surface area (Å²) in [5, 5.41) is 5.92. The molecular formula is C29H24N2O4. The zero-order chi connectivity index (χ0) is 24.6. The van der Waals surface area contributed by atoms with Gasteiger partial charge in [0, 0.05) is 11.1 Å². The average molecular weight is 465 g/mol. The Morgan fingerprint density at radius 1 is 0.943 bits per heavy atom. The Balaban J connectivity index is 1.56. The van der Waals surface area contributed by atoms with Crippen molar-refractivity contribution in [2.24, 2.45) is 5.10 Å². The van der Waals surface area contributed by atoms with Crippen LogP contribution in [0, 0.1) is 6.92 Å². The third-order valence-electron chi connectivity index (χ3n) is 5.23. The maximum absolute atomic E-state index is 12.8. The summed E-state index contributed by atoms with van der Waals surface area (Å²) in [6.07, 6.45) is 3.13. The average Bonchev–Trinajstić information content (AvgIpc) is 2.88. The zero-order valence-electron chi connectivity index (χ0n) is 19.2. The number of esters is 1. The number of fused-ring (bicyclic) bond motifs is 1. The first kappa shape index (κ1) is 23.4. The van der Waals surface area contributed by atoms with Crippen molar-refractivity contribution in [1.29, 1.82) is 0 Å². The Morgan fingerprint density at radius 2 is 1.74 bits per heavy atom. The van der Waals surface area contributed by atoms with Gasteiger partial charge in [0.05, 0.1) is 11.8 Å². The molecule has 1 N–H and O–H groups in total. The molecule has 0 aromatic heterocycles. The molecule has 0 saturated heterocycles. The molecule has 4 aromatic rings. The smallest absolute Gasteiger partial charge is 0.343 e. The lowest BCUT2D eigenvalue weighted by atomic mass is 10.0. The minimum Gasteiger partial charge on any atom is -0.490 e. The highest BCUT2D eigenvalue weighted by atomic mass is 16.5. The normalized spacial score (nSPS) is 10.8. The Labute approximate surface area is 203 Å². The molecule has 6 nitrogen and oxygen atoms in total. The lowest BCUT2D eigenvalue weighted by Crippen LogP contribution is -2.17. The van der Waals surface area contributed by atoms with Crippen LogP contribution in [0.4, 0.5) is 0 Å². The van der Waals surface area contributed by atoms with Crippen molar-refractivity contribution in [3.8, 4) is 11.5 Å². The van der Waals surface area contributed by atoms with Gasteiger partial charge in [-0.3, -0.25) is 4.79 Å². The first-order chi connectivity index (χ1) is 17.0. The number of nitrogens with one attached hydrogen (secondary N) is 1. The highest BCUT2D eigenvalue weighted by Gasteiger charge is 2.14. The molecule has 0 bridgehead atoms. The quantitative estimate of drug-likeness (QED) is 0.119. The summed E-state index contributed by atoms with van der Waals surface area (Å²) in [7, 11) is 0. The minimum absolute atomic E-state index is 0.344. The molecule has 0 atom stereocenters. The number of hydrazone groups is 1. The molecule has 0 fully saturated rings. The fourth-order valence-electron chi connectivity index (χ4n) is 3.51. The van der Waals surface area contributed by atoms with Crippen LogP contribution in [0.3, 0.4) is 0 Å². The number of rotatable bonds is 8. The summed E-state index contributed by atoms with van der Waals surface area (Å²) in [4.78, 5) is 25.3. The van der Waals surface area contributed by atoms with E-state index in [2.05, 4.69) is 17.1 Å². The fraction of sp³-hybridized carbons (Fsp3) is 0.0690. The third-order valence-corrected chi connectivity index (χ3v) is 5.23. The van der Waals surface area contributed by atoms with Crippen LogP contribution < -0.4 is 14.9 Å². The number of ether oxygens (including phenoxy) is 2. The summed E-state index contributed by atoms with van der Waals surface area (Å²) < 4.78 is 11.2. The molecule has 1 amide bonds. The van der Waals surface area contributed by atoms with Gasteiger partial charge in [-0.05, 0) is 60.2 Å². The predicted octanol–water partition coefficient (Wildman–Crippen LogP) is 5.70. The van der Waals surface area contributed by atoms with Crippen molar-refractivity contribution >= 4 is 28.9 Å². The lowest BCUT2D eigenvalue weighted by Gasteiger charge is -2.11. The summed E-state index contributed by atoms with van der Waals surface area (Å²) in [5.41, 5.74) is 4.95. The first-order valence-electron chi connectivity index (χ1n) is 11.0.